The molecule has 0 fully saturated rings. The zero-order valence-corrected chi connectivity index (χ0v) is 10.7. The standard InChI is InChI=1S/C15H13ClO2/c1-15(18,13-4-2-3-5-14(13)16)12-8-6-11(10-17)7-9-12/h2-10,18H,1H3. The molecule has 18 heavy (non-hydrogen) atoms. The molecule has 0 aliphatic heterocycles. The van der Waals surface area contributed by atoms with E-state index in [9.17, 15) is 9.90 Å². The van der Waals surface area contributed by atoms with E-state index in [1.165, 1.54) is 0 Å². The number of rotatable bonds is 3. The van der Waals surface area contributed by atoms with Crippen LogP contribution >= 0.6 is 11.6 Å². The van der Waals surface area contributed by atoms with Gasteiger partial charge in [0.1, 0.15) is 11.9 Å². The molecule has 2 aromatic rings. The van der Waals surface area contributed by atoms with Gasteiger partial charge in [-0.25, -0.2) is 0 Å². The summed E-state index contributed by atoms with van der Waals surface area (Å²) in [6.07, 6.45) is 0.772. The van der Waals surface area contributed by atoms with Gasteiger partial charge in [0.05, 0.1) is 0 Å². The Morgan fingerprint density at radius 1 is 1.11 bits per heavy atom. The van der Waals surface area contributed by atoms with Gasteiger partial charge in [0.2, 0.25) is 0 Å². The number of halogens is 1. The maximum absolute atomic E-state index is 10.6. The van der Waals surface area contributed by atoms with Crippen molar-refractivity contribution in [2.75, 3.05) is 0 Å². The monoisotopic (exact) mass is 260 g/mol. The third kappa shape index (κ3) is 2.30. The maximum Gasteiger partial charge on any atom is 0.150 e. The quantitative estimate of drug-likeness (QED) is 0.859. The topological polar surface area (TPSA) is 37.3 Å². The van der Waals surface area contributed by atoms with Gasteiger partial charge in [-0.1, -0.05) is 54.1 Å². The van der Waals surface area contributed by atoms with Crippen molar-refractivity contribution >= 4 is 17.9 Å². The van der Waals surface area contributed by atoms with Gasteiger partial charge in [-0.2, -0.15) is 0 Å². The van der Waals surface area contributed by atoms with Gasteiger partial charge >= 0.3 is 0 Å². The molecule has 0 radical (unpaired) electrons. The molecular weight excluding hydrogens is 248 g/mol. The van der Waals surface area contributed by atoms with Crippen LogP contribution in [0.4, 0.5) is 0 Å². The fraction of sp³-hybridized carbons (Fsp3) is 0.133. The summed E-state index contributed by atoms with van der Waals surface area (Å²) in [4.78, 5) is 10.6. The molecule has 2 rings (SSSR count). The Morgan fingerprint density at radius 2 is 1.72 bits per heavy atom. The zero-order chi connectivity index (χ0) is 13.2. The van der Waals surface area contributed by atoms with Gasteiger partial charge < -0.3 is 5.11 Å². The Labute approximate surface area is 111 Å². The van der Waals surface area contributed by atoms with E-state index in [1.807, 2.05) is 12.1 Å². The molecule has 3 heteroatoms. The largest absolute Gasteiger partial charge is 0.381 e. The molecule has 0 aliphatic carbocycles. The summed E-state index contributed by atoms with van der Waals surface area (Å²) < 4.78 is 0. The van der Waals surface area contributed by atoms with Crippen LogP contribution in [0, 0.1) is 0 Å². The lowest BCUT2D eigenvalue weighted by Gasteiger charge is -2.25. The zero-order valence-electron chi connectivity index (χ0n) is 9.93. The molecule has 0 aliphatic rings. The summed E-state index contributed by atoms with van der Waals surface area (Å²) >= 11 is 6.10. The lowest BCUT2D eigenvalue weighted by atomic mass is 9.88. The molecular formula is C15H13ClO2. The first-order valence-corrected chi connectivity index (χ1v) is 5.96. The first kappa shape index (κ1) is 12.8. The number of carbonyl (C=O) groups is 1. The predicted octanol–water partition coefficient (Wildman–Crippen LogP) is 3.41. The van der Waals surface area contributed by atoms with Gasteiger partial charge in [-0.15, -0.1) is 0 Å². The van der Waals surface area contributed by atoms with Crippen LogP contribution < -0.4 is 0 Å². The Morgan fingerprint density at radius 3 is 2.28 bits per heavy atom. The highest BCUT2D eigenvalue weighted by Crippen LogP contribution is 2.33. The molecule has 2 nitrogen and oxygen atoms in total. The number of hydrogen-bond donors (Lipinski definition) is 1. The lowest BCUT2D eigenvalue weighted by Crippen LogP contribution is -2.23. The van der Waals surface area contributed by atoms with E-state index < -0.39 is 5.60 Å². The van der Waals surface area contributed by atoms with Crippen molar-refractivity contribution in [3.63, 3.8) is 0 Å². The first-order valence-electron chi connectivity index (χ1n) is 5.59. The second kappa shape index (κ2) is 4.92. The Balaban J connectivity index is 2.47. The first-order chi connectivity index (χ1) is 8.55. The molecule has 0 spiro atoms. The van der Waals surface area contributed by atoms with Crippen LogP contribution in [-0.2, 0) is 5.60 Å². The average Bonchev–Trinajstić information content (AvgIpc) is 2.39. The van der Waals surface area contributed by atoms with Crippen molar-refractivity contribution in [2.24, 2.45) is 0 Å². The minimum Gasteiger partial charge on any atom is -0.381 e. The number of benzene rings is 2. The summed E-state index contributed by atoms with van der Waals surface area (Å²) in [6, 6.07) is 14.0. The minimum atomic E-state index is -1.18. The van der Waals surface area contributed by atoms with Crippen molar-refractivity contribution in [3.05, 3.63) is 70.2 Å². The summed E-state index contributed by atoms with van der Waals surface area (Å²) in [5.74, 6) is 0. The van der Waals surface area contributed by atoms with Gasteiger partial charge in [0, 0.05) is 16.1 Å². The van der Waals surface area contributed by atoms with E-state index in [0.29, 0.717) is 21.7 Å². The number of carbonyl (C=O) groups excluding carboxylic acids is 1. The Kier molecular flexibility index (Phi) is 3.50. The van der Waals surface area contributed by atoms with Crippen LogP contribution in [0.15, 0.2) is 48.5 Å². The normalized spacial score (nSPS) is 13.9. The third-order valence-corrected chi connectivity index (χ3v) is 3.34. The molecule has 0 heterocycles. The van der Waals surface area contributed by atoms with Crippen molar-refractivity contribution in [3.8, 4) is 0 Å². The SMILES string of the molecule is CC(O)(c1ccc(C=O)cc1)c1ccccc1Cl. The molecule has 0 amide bonds. The van der Waals surface area contributed by atoms with Gasteiger partial charge in [-0.3, -0.25) is 4.79 Å². The van der Waals surface area contributed by atoms with Crippen LogP contribution in [0.2, 0.25) is 5.02 Å². The van der Waals surface area contributed by atoms with Crippen molar-refractivity contribution < 1.29 is 9.90 Å². The van der Waals surface area contributed by atoms with Crippen LogP contribution in [0.25, 0.3) is 0 Å². The van der Waals surface area contributed by atoms with Crippen LogP contribution in [0.1, 0.15) is 28.4 Å². The van der Waals surface area contributed by atoms with Crippen LogP contribution in [0.5, 0.6) is 0 Å². The van der Waals surface area contributed by atoms with Gasteiger partial charge in [0.15, 0.2) is 0 Å². The highest BCUT2D eigenvalue weighted by atomic mass is 35.5. The molecule has 2 aromatic carbocycles. The predicted molar refractivity (Wildman–Crippen MR) is 72.0 cm³/mol. The molecule has 0 saturated heterocycles. The minimum absolute atomic E-state index is 0.516. The molecule has 0 saturated carbocycles. The van der Waals surface area contributed by atoms with E-state index >= 15 is 0 Å². The second-order valence-electron chi connectivity index (χ2n) is 4.29. The number of aldehydes is 1. The third-order valence-electron chi connectivity index (χ3n) is 3.01. The van der Waals surface area contributed by atoms with E-state index in [0.717, 1.165) is 6.29 Å². The van der Waals surface area contributed by atoms with Crippen molar-refractivity contribution in [2.45, 2.75) is 12.5 Å². The second-order valence-corrected chi connectivity index (χ2v) is 4.70. The molecule has 0 aromatic heterocycles. The summed E-state index contributed by atoms with van der Waals surface area (Å²) in [7, 11) is 0. The molecule has 0 bridgehead atoms. The van der Waals surface area contributed by atoms with E-state index in [1.54, 1.807) is 43.3 Å². The smallest absolute Gasteiger partial charge is 0.150 e. The number of hydrogen-bond acceptors (Lipinski definition) is 2. The van der Waals surface area contributed by atoms with E-state index in [2.05, 4.69) is 0 Å². The Bertz CT molecular complexity index is 559. The van der Waals surface area contributed by atoms with E-state index in [-0.39, 0.29) is 0 Å². The molecule has 1 unspecified atom stereocenters. The van der Waals surface area contributed by atoms with Crippen LogP contribution in [0.3, 0.4) is 0 Å². The molecule has 92 valence electrons. The fourth-order valence-electron chi connectivity index (χ4n) is 1.90. The Hall–Kier alpha value is -1.64. The summed E-state index contributed by atoms with van der Waals surface area (Å²) in [6.45, 7) is 1.68. The highest BCUT2D eigenvalue weighted by molar-refractivity contribution is 6.31. The molecule has 1 N–H and O–H groups in total. The van der Waals surface area contributed by atoms with Crippen molar-refractivity contribution in [1.82, 2.24) is 0 Å². The van der Waals surface area contributed by atoms with Crippen molar-refractivity contribution in [1.29, 1.82) is 0 Å². The lowest BCUT2D eigenvalue weighted by molar-refractivity contribution is 0.102. The van der Waals surface area contributed by atoms with Gasteiger partial charge in [-0.05, 0) is 18.6 Å². The summed E-state index contributed by atoms with van der Waals surface area (Å²) in [5, 5.41) is 11.1. The van der Waals surface area contributed by atoms with Gasteiger partial charge in [0.25, 0.3) is 0 Å². The van der Waals surface area contributed by atoms with E-state index in [4.69, 9.17) is 11.6 Å². The maximum atomic E-state index is 10.6. The average molecular weight is 261 g/mol. The summed E-state index contributed by atoms with van der Waals surface area (Å²) in [5.41, 5.74) is 0.736. The molecule has 1 atom stereocenters. The highest BCUT2D eigenvalue weighted by Gasteiger charge is 2.27. The van der Waals surface area contributed by atoms with Crippen LogP contribution in [-0.4, -0.2) is 11.4 Å². The fourth-order valence-corrected chi connectivity index (χ4v) is 2.22. The number of aliphatic hydroxyl groups is 1.